The molecule has 0 aliphatic heterocycles. The van der Waals surface area contributed by atoms with E-state index in [1.54, 1.807) is 7.11 Å². The largest absolute Gasteiger partial charge is 0.493 e. The average Bonchev–Trinajstić information content (AvgIpc) is 2.65. The van der Waals surface area contributed by atoms with Crippen LogP contribution >= 0.6 is 24.0 Å². The van der Waals surface area contributed by atoms with Crippen LogP contribution in [0.4, 0.5) is 5.69 Å². The summed E-state index contributed by atoms with van der Waals surface area (Å²) in [7, 11) is 1.64. The van der Waals surface area contributed by atoms with Crippen LogP contribution in [0.25, 0.3) is 0 Å². The minimum Gasteiger partial charge on any atom is -0.493 e. The molecule has 0 radical (unpaired) electrons. The zero-order valence-electron chi connectivity index (χ0n) is 15.6. The van der Waals surface area contributed by atoms with E-state index in [1.807, 2.05) is 30.3 Å². The van der Waals surface area contributed by atoms with E-state index in [9.17, 15) is 0 Å². The third-order valence-corrected chi connectivity index (χ3v) is 3.76. The fraction of sp³-hybridized carbons (Fsp3) is 0.350. The van der Waals surface area contributed by atoms with Gasteiger partial charge in [-0.05, 0) is 48.2 Å². The third-order valence-electron chi connectivity index (χ3n) is 3.76. The Kier molecular flexibility index (Phi) is 9.87. The summed E-state index contributed by atoms with van der Waals surface area (Å²) in [4.78, 5) is 4.39. The summed E-state index contributed by atoms with van der Waals surface area (Å²) < 4.78 is 11.0. The van der Waals surface area contributed by atoms with Gasteiger partial charge >= 0.3 is 0 Å². The van der Waals surface area contributed by atoms with Crippen molar-refractivity contribution >= 4 is 35.6 Å². The predicted molar refractivity (Wildman–Crippen MR) is 119 cm³/mol. The van der Waals surface area contributed by atoms with Gasteiger partial charge in [-0.2, -0.15) is 0 Å². The summed E-state index contributed by atoms with van der Waals surface area (Å²) in [6.45, 7) is 5.34. The monoisotopic (exact) mass is 469 g/mol. The highest BCUT2D eigenvalue weighted by molar-refractivity contribution is 14.0. The zero-order chi connectivity index (χ0) is 18.1. The predicted octanol–water partition coefficient (Wildman–Crippen LogP) is 4.59. The fourth-order valence-electron chi connectivity index (χ4n) is 2.33. The van der Waals surface area contributed by atoms with Crippen molar-refractivity contribution in [2.45, 2.75) is 33.2 Å². The number of nitrogens with zero attached hydrogens (tertiary/aromatic N) is 1. The minimum atomic E-state index is 0. The van der Waals surface area contributed by atoms with Crippen molar-refractivity contribution in [3.05, 3.63) is 53.6 Å². The number of methoxy groups -OCH3 is 1. The number of aryl methyl sites for hydroxylation is 1. The quantitative estimate of drug-likeness (QED) is 0.337. The van der Waals surface area contributed by atoms with E-state index >= 15 is 0 Å². The molecular formula is C20H28IN3O2. The van der Waals surface area contributed by atoms with Crippen molar-refractivity contribution in [2.75, 3.05) is 19.0 Å². The van der Waals surface area contributed by atoms with E-state index in [1.165, 1.54) is 5.56 Å². The second kappa shape index (κ2) is 11.6. The first kappa shape index (κ1) is 22.1. The zero-order valence-corrected chi connectivity index (χ0v) is 17.9. The number of hydrogen-bond acceptors (Lipinski definition) is 3. The maximum atomic E-state index is 5.97. The lowest BCUT2D eigenvalue weighted by molar-refractivity contribution is 0.294. The fourth-order valence-corrected chi connectivity index (χ4v) is 2.33. The third kappa shape index (κ3) is 6.74. The normalized spacial score (nSPS) is 10.8. The van der Waals surface area contributed by atoms with Gasteiger partial charge in [-0.15, -0.1) is 24.0 Å². The molecule has 0 amide bonds. The molecule has 0 fully saturated rings. The molecule has 6 heteroatoms. The maximum Gasteiger partial charge on any atom is 0.193 e. The van der Waals surface area contributed by atoms with Crippen LogP contribution in [-0.2, 0) is 13.0 Å². The molecule has 26 heavy (non-hydrogen) atoms. The minimum absolute atomic E-state index is 0. The molecule has 0 saturated carbocycles. The van der Waals surface area contributed by atoms with Crippen molar-refractivity contribution in [1.82, 2.24) is 0 Å². The van der Waals surface area contributed by atoms with Crippen molar-refractivity contribution in [3.8, 4) is 11.5 Å². The topological polar surface area (TPSA) is 68.9 Å². The van der Waals surface area contributed by atoms with Gasteiger partial charge in [0.05, 0.1) is 20.3 Å². The highest BCUT2D eigenvalue weighted by atomic mass is 127. The second-order valence-electron chi connectivity index (χ2n) is 5.71. The summed E-state index contributed by atoms with van der Waals surface area (Å²) in [6, 6.07) is 14.0. The summed E-state index contributed by atoms with van der Waals surface area (Å²) >= 11 is 0. The van der Waals surface area contributed by atoms with Crippen LogP contribution in [0.15, 0.2) is 47.5 Å². The highest BCUT2D eigenvalue weighted by Gasteiger charge is 2.05. The molecule has 0 heterocycles. The van der Waals surface area contributed by atoms with Crippen molar-refractivity contribution in [1.29, 1.82) is 0 Å². The highest BCUT2D eigenvalue weighted by Crippen LogP contribution is 2.28. The molecule has 0 saturated heterocycles. The molecule has 0 unspecified atom stereocenters. The van der Waals surface area contributed by atoms with E-state index < -0.39 is 0 Å². The van der Waals surface area contributed by atoms with Gasteiger partial charge in [0, 0.05) is 5.69 Å². The van der Waals surface area contributed by atoms with E-state index in [0.717, 1.165) is 29.8 Å². The smallest absolute Gasteiger partial charge is 0.193 e. The lowest BCUT2D eigenvalue weighted by atomic mass is 10.1. The van der Waals surface area contributed by atoms with Crippen molar-refractivity contribution in [2.24, 2.45) is 10.7 Å². The molecule has 142 valence electrons. The van der Waals surface area contributed by atoms with E-state index in [4.69, 9.17) is 15.2 Å². The Bertz CT molecular complexity index is 703. The van der Waals surface area contributed by atoms with Crippen molar-refractivity contribution in [3.63, 3.8) is 0 Å². The lowest BCUT2D eigenvalue weighted by Crippen LogP contribution is -2.22. The van der Waals surface area contributed by atoms with Crippen LogP contribution in [0.5, 0.6) is 11.5 Å². The SMILES string of the molecule is CCCOc1ccc(CN=C(N)Nc2ccc(CC)cc2)cc1OC.I. The van der Waals surface area contributed by atoms with Crippen LogP contribution in [0.3, 0.4) is 0 Å². The van der Waals surface area contributed by atoms with Crippen LogP contribution < -0.4 is 20.5 Å². The summed E-state index contributed by atoms with van der Waals surface area (Å²) in [5.74, 6) is 1.84. The summed E-state index contributed by atoms with van der Waals surface area (Å²) in [5.41, 5.74) is 9.20. The number of aliphatic imine (C=N–C) groups is 1. The van der Waals surface area contributed by atoms with E-state index in [-0.39, 0.29) is 24.0 Å². The van der Waals surface area contributed by atoms with Gasteiger partial charge < -0.3 is 20.5 Å². The molecule has 2 aromatic carbocycles. The Labute approximate surface area is 173 Å². The van der Waals surface area contributed by atoms with Gasteiger partial charge in [-0.1, -0.05) is 32.0 Å². The van der Waals surface area contributed by atoms with Gasteiger partial charge in [0.1, 0.15) is 0 Å². The number of nitrogens with one attached hydrogen (secondary N) is 1. The first-order chi connectivity index (χ1) is 12.2. The first-order valence-electron chi connectivity index (χ1n) is 8.61. The Morgan fingerprint density at radius 3 is 2.35 bits per heavy atom. The molecular weight excluding hydrogens is 441 g/mol. The molecule has 2 aromatic rings. The van der Waals surface area contributed by atoms with Crippen LogP contribution in [0.2, 0.25) is 0 Å². The van der Waals surface area contributed by atoms with Crippen LogP contribution in [0, 0.1) is 0 Å². The lowest BCUT2D eigenvalue weighted by Gasteiger charge is -2.11. The molecule has 0 aromatic heterocycles. The van der Waals surface area contributed by atoms with Gasteiger partial charge in [0.15, 0.2) is 17.5 Å². The van der Waals surface area contributed by atoms with Gasteiger partial charge in [-0.3, -0.25) is 0 Å². The Hall–Kier alpha value is -1.96. The van der Waals surface area contributed by atoms with Crippen LogP contribution in [-0.4, -0.2) is 19.7 Å². The summed E-state index contributed by atoms with van der Waals surface area (Å²) in [5, 5.41) is 3.10. The number of guanidine groups is 1. The molecule has 0 aliphatic carbocycles. The molecule has 5 nitrogen and oxygen atoms in total. The molecule has 0 spiro atoms. The molecule has 2 rings (SSSR count). The Balaban J connectivity index is 0.00000338. The number of rotatable bonds is 8. The summed E-state index contributed by atoms with van der Waals surface area (Å²) in [6.07, 6.45) is 1.97. The Morgan fingerprint density at radius 1 is 1.04 bits per heavy atom. The van der Waals surface area contributed by atoms with E-state index in [2.05, 4.69) is 36.3 Å². The standard InChI is InChI=1S/C20H27N3O2.HI/c1-4-12-25-18-11-8-16(13-19(18)24-3)14-22-20(21)23-17-9-6-15(5-2)7-10-17;/h6-11,13H,4-5,12,14H2,1-3H3,(H3,21,22,23);1H. The van der Waals surface area contributed by atoms with Crippen molar-refractivity contribution < 1.29 is 9.47 Å². The van der Waals surface area contributed by atoms with Gasteiger partial charge in [0.2, 0.25) is 0 Å². The van der Waals surface area contributed by atoms with Crippen LogP contribution in [0.1, 0.15) is 31.4 Å². The van der Waals surface area contributed by atoms with Gasteiger partial charge in [0.25, 0.3) is 0 Å². The number of nitrogens with two attached hydrogens (primary N) is 1. The number of ether oxygens (including phenoxy) is 2. The second-order valence-corrected chi connectivity index (χ2v) is 5.71. The van der Waals surface area contributed by atoms with E-state index in [0.29, 0.717) is 24.9 Å². The Morgan fingerprint density at radius 2 is 1.73 bits per heavy atom. The number of anilines is 1. The molecule has 3 N–H and O–H groups in total. The molecule has 0 aliphatic rings. The average molecular weight is 469 g/mol. The number of hydrogen-bond donors (Lipinski definition) is 2. The number of benzene rings is 2. The van der Waals surface area contributed by atoms with Gasteiger partial charge in [-0.25, -0.2) is 4.99 Å². The molecule has 0 atom stereocenters. The molecule has 0 bridgehead atoms. The first-order valence-corrected chi connectivity index (χ1v) is 8.61. The maximum absolute atomic E-state index is 5.97. The number of halogens is 1.